The fraction of sp³-hybridized carbons (Fsp3) is 0.0667. The van der Waals surface area contributed by atoms with Crippen LogP contribution in [0.15, 0.2) is 96.4 Å². The summed E-state index contributed by atoms with van der Waals surface area (Å²) in [5.74, 6) is -1.15. The number of rotatable bonds is 7. The van der Waals surface area contributed by atoms with Gasteiger partial charge in [0.05, 0.1) is 5.56 Å². The molecule has 4 nitrogen and oxygen atoms in total. The topological polar surface area (TPSA) is 66.4 Å². The van der Waals surface area contributed by atoms with Crippen LogP contribution in [-0.4, -0.2) is 17.0 Å². The Labute approximate surface area is 217 Å². The minimum atomic E-state index is -0.976. The van der Waals surface area contributed by atoms with Gasteiger partial charge in [-0.25, -0.2) is 4.79 Å². The fourth-order valence-electron chi connectivity index (χ4n) is 4.25. The van der Waals surface area contributed by atoms with E-state index in [2.05, 4.69) is 16.8 Å². The lowest BCUT2D eigenvalue weighted by Gasteiger charge is -2.12. The second-order valence-corrected chi connectivity index (χ2v) is 9.86. The Kier molecular flexibility index (Phi) is 6.85. The maximum Gasteiger partial charge on any atom is 0.335 e. The quantitative estimate of drug-likeness (QED) is 0.238. The number of carbonyl (C=O) groups excluding carboxylic acids is 1. The maximum atomic E-state index is 13.5. The standard InChI is InChI=1S/C30H22ClNO3S/c31-25-8-4-5-20(14-25)13-24-18-36-27-16-23(21-6-2-1-3-7-21)15-26(28(24)27)29(33)32-17-19-9-11-22(12-10-19)30(34)35/h1-12,14-16,18H,13,17H2,(H,32,33)(H,34,35). The van der Waals surface area contributed by atoms with Crippen LogP contribution < -0.4 is 5.32 Å². The van der Waals surface area contributed by atoms with Crippen LogP contribution in [0.4, 0.5) is 0 Å². The van der Waals surface area contributed by atoms with Gasteiger partial charge in [-0.1, -0.05) is 66.2 Å². The van der Waals surface area contributed by atoms with Gasteiger partial charge in [0.25, 0.3) is 5.91 Å². The van der Waals surface area contributed by atoms with Crippen molar-refractivity contribution < 1.29 is 14.7 Å². The molecule has 2 N–H and O–H groups in total. The van der Waals surface area contributed by atoms with Crippen molar-refractivity contribution >= 4 is 44.9 Å². The number of carbonyl (C=O) groups is 2. The highest BCUT2D eigenvalue weighted by molar-refractivity contribution is 7.17. The molecular weight excluding hydrogens is 490 g/mol. The van der Waals surface area contributed by atoms with E-state index in [-0.39, 0.29) is 11.5 Å². The Morgan fingerprint density at radius 1 is 0.833 bits per heavy atom. The summed E-state index contributed by atoms with van der Waals surface area (Å²) in [6, 6.07) is 28.4. The van der Waals surface area contributed by atoms with E-state index in [1.807, 2.05) is 60.7 Å². The third-order valence-corrected chi connectivity index (χ3v) is 7.25. The molecule has 0 radical (unpaired) electrons. The van der Waals surface area contributed by atoms with Gasteiger partial charge in [0.15, 0.2) is 0 Å². The Hall–Kier alpha value is -3.93. The molecule has 178 valence electrons. The first kappa shape index (κ1) is 23.8. The van der Waals surface area contributed by atoms with Crippen molar-refractivity contribution in [1.82, 2.24) is 5.32 Å². The number of hydrogen-bond acceptors (Lipinski definition) is 3. The first-order valence-corrected chi connectivity index (χ1v) is 12.7. The van der Waals surface area contributed by atoms with Gasteiger partial charge in [-0.05, 0) is 76.0 Å². The molecule has 0 aliphatic carbocycles. The van der Waals surface area contributed by atoms with Gasteiger partial charge in [0.1, 0.15) is 0 Å². The minimum absolute atomic E-state index is 0.175. The maximum absolute atomic E-state index is 13.5. The number of fused-ring (bicyclic) bond motifs is 1. The van der Waals surface area contributed by atoms with E-state index in [0.29, 0.717) is 23.6 Å². The molecule has 36 heavy (non-hydrogen) atoms. The summed E-state index contributed by atoms with van der Waals surface area (Å²) in [7, 11) is 0. The van der Waals surface area contributed by atoms with E-state index in [1.54, 1.807) is 35.6 Å². The smallest absolute Gasteiger partial charge is 0.335 e. The molecule has 0 bridgehead atoms. The number of amides is 1. The molecule has 5 aromatic rings. The number of benzene rings is 4. The Balaban J connectivity index is 1.51. The summed E-state index contributed by atoms with van der Waals surface area (Å²) in [5, 5.41) is 15.9. The predicted molar refractivity (Wildman–Crippen MR) is 146 cm³/mol. The summed E-state index contributed by atoms with van der Waals surface area (Å²) in [4.78, 5) is 24.6. The van der Waals surface area contributed by atoms with Gasteiger partial charge >= 0.3 is 5.97 Å². The average molecular weight is 512 g/mol. The molecule has 1 heterocycles. The van der Waals surface area contributed by atoms with E-state index in [4.69, 9.17) is 16.7 Å². The number of nitrogens with one attached hydrogen (secondary N) is 1. The summed E-state index contributed by atoms with van der Waals surface area (Å²) in [6.07, 6.45) is 0.669. The third-order valence-electron chi connectivity index (χ3n) is 6.04. The van der Waals surface area contributed by atoms with Crippen LogP contribution in [0.2, 0.25) is 5.02 Å². The Morgan fingerprint density at radius 2 is 1.61 bits per heavy atom. The molecule has 0 unspecified atom stereocenters. The highest BCUT2D eigenvalue weighted by Crippen LogP contribution is 2.35. The summed E-state index contributed by atoms with van der Waals surface area (Å²) in [6.45, 7) is 0.295. The van der Waals surface area contributed by atoms with E-state index in [9.17, 15) is 9.59 Å². The number of carboxylic acid groups (broad SMARTS) is 1. The van der Waals surface area contributed by atoms with Crippen LogP contribution in [0.25, 0.3) is 21.2 Å². The van der Waals surface area contributed by atoms with Crippen molar-refractivity contribution in [1.29, 1.82) is 0 Å². The van der Waals surface area contributed by atoms with Crippen molar-refractivity contribution in [2.24, 2.45) is 0 Å². The Morgan fingerprint density at radius 3 is 2.33 bits per heavy atom. The molecule has 0 saturated carbocycles. The lowest BCUT2D eigenvalue weighted by molar-refractivity contribution is 0.0696. The first-order valence-electron chi connectivity index (χ1n) is 11.4. The van der Waals surface area contributed by atoms with Gasteiger partial charge in [0.2, 0.25) is 0 Å². The molecule has 0 spiro atoms. The monoisotopic (exact) mass is 511 g/mol. The van der Waals surface area contributed by atoms with Crippen LogP contribution in [0.5, 0.6) is 0 Å². The van der Waals surface area contributed by atoms with Crippen molar-refractivity contribution in [3.8, 4) is 11.1 Å². The molecular formula is C30H22ClNO3S. The zero-order valence-corrected chi connectivity index (χ0v) is 20.8. The normalized spacial score (nSPS) is 10.9. The molecule has 4 aromatic carbocycles. The molecule has 1 amide bonds. The molecule has 5 rings (SSSR count). The SMILES string of the molecule is O=C(O)c1ccc(CNC(=O)c2cc(-c3ccccc3)cc3scc(Cc4cccc(Cl)c4)c23)cc1. The van der Waals surface area contributed by atoms with Gasteiger partial charge < -0.3 is 10.4 Å². The summed E-state index contributed by atoms with van der Waals surface area (Å²) < 4.78 is 1.05. The zero-order valence-electron chi connectivity index (χ0n) is 19.2. The zero-order chi connectivity index (χ0) is 25.1. The van der Waals surface area contributed by atoms with Crippen molar-refractivity contribution in [2.45, 2.75) is 13.0 Å². The molecule has 0 atom stereocenters. The Bertz CT molecular complexity index is 1560. The van der Waals surface area contributed by atoms with E-state index in [0.717, 1.165) is 37.9 Å². The molecule has 6 heteroatoms. The van der Waals surface area contributed by atoms with Crippen molar-refractivity contribution in [2.75, 3.05) is 0 Å². The van der Waals surface area contributed by atoms with Gasteiger partial charge in [-0.3, -0.25) is 4.79 Å². The molecule has 1 aromatic heterocycles. The van der Waals surface area contributed by atoms with Crippen LogP contribution in [0.3, 0.4) is 0 Å². The average Bonchev–Trinajstić information content (AvgIpc) is 3.30. The highest BCUT2D eigenvalue weighted by Gasteiger charge is 2.18. The fourth-order valence-corrected chi connectivity index (χ4v) is 5.49. The number of aromatic carboxylic acids is 1. The molecule has 0 aliphatic rings. The van der Waals surface area contributed by atoms with Crippen LogP contribution in [0, 0.1) is 0 Å². The molecule has 0 fully saturated rings. The third kappa shape index (κ3) is 5.18. The summed E-state index contributed by atoms with van der Waals surface area (Å²) >= 11 is 7.83. The number of hydrogen-bond donors (Lipinski definition) is 2. The van der Waals surface area contributed by atoms with Gasteiger partial charge in [-0.2, -0.15) is 0 Å². The van der Waals surface area contributed by atoms with E-state index < -0.39 is 5.97 Å². The highest BCUT2D eigenvalue weighted by atomic mass is 35.5. The lowest BCUT2D eigenvalue weighted by Crippen LogP contribution is -2.23. The van der Waals surface area contributed by atoms with Crippen LogP contribution >= 0.6 is 22.9 Å². The van der Waals surface area contributed by atoms with Gasteiger partial charge in [0, 0.05) is 27.2 Å². The predicted octanol–water partition coefficient (Wildman–Crippen LogP) is 7.44. The van der Waals surface area contributed by atoms with Crippen molar-refractivity contribution in [3.63, 3.8) is 0 Å². The minimum Gasteiger partial charge on any atom is -0.478 e. The van der Waals surface area contributed by atoms with E-state index in [1.165, 1.54) is 0 Å². The van der Waals surface area contributed by atoms with Gasteiger partial charge in [-0.15, -0.1) is 11.3 Å². The first-order chi connectivity index (χ1) is 17.5. The largest absolute Gasteiger partial charge is 0.478 e. The number of thiophene rings is 1. The van der Waals surface area contributed by atoms with Crippen LogP contribution in [0.1, 0.15) is 37.4 Å². The number of carboxylic acids is 1. The molecule has 0 aliphatic heterocycles. The van der Waals surface area contributed by atoms with Crippen LogP contribution in [-0.2, 0) is 13.0 Å². The second kappa shape index (κ2) is 10.4. The lowest BCUT2D eigenvalue weighted by atomic mass is 9.96. The molecule has 0 saturated heterocycles. The van der Waals surface area contributed by atoms with Crippen molar-refractivity contribution in [3.05, 3.63) is 129 Å². The number of halogens is 1. The summed E-state index contributed by atoms with van der Waals surface area (Å²) in [5.41, 5.74) is 5.84. The van der Waals surface area contributed by atoms with E-state index >= 15 is 0 Å². The second-order valence-electron chi connectivity index (χ2n) is 8.52.